The van der Waals surface area contributed by atoms with Crippen molar-refractivity contribution in [3.8, 4) is 5.75 Å². The molecule has 0 amide bonds. The predicted octanol–water partition coefficient (Wildman–Crippen LogP) is 2.97. The molecule has 24 heavy (non-hydrogen) atoms. The molecule has 1 aliphatic heterocycles. The molecule has 1 aliphatic carbocycles. The van der Waals surface area contributed by atoms with Crippen molar-refractivity contribution in [3.05, 3.63) is 41.7 Å². The lowest BCUT2D eigenvalue weighted by Crippen LogP contribution is -2.36. The Morgan fingerprint density at radius 2 is 1.96 bits per heavy atom. The van der Waals surface area contributed by atoms with E-state index in [2.05, 4.69) is 30.6 Å². The first-order chi connectivity index (χ1) is 11.6. The van der Waals surface area contributed by atoms with Crippen molar-refractivity contribution >= 4 is 12.0 Å². The highest BCUT2D eigenvalue weighted by molar-refractivity contribution is 5.80. The van der Waals surface area contributed by atoms with Crippen LogP contribution in [0.2, 0.25) is 0 Å². The van der Waals surface area contributed by atoms with E-state index in [0.29, 0.717) is 29.3 Å². The van der Waals surface area contributed by atoms with Crippen LogP contribution in [0.5, 0.6) is 5.75 Å². The van der Waals surface area contributed by atoms with Crippen molar-refractivity contribution < 1.29 is 14.1 Å². The van der Waals surface area contributed by atoms with E-state index < -0.39 is 0 Å². The highest BCUT2D eigenvalue weighted by Gasteiger charge is 2.30. The summed E-state index contributed by atoms with van der Waals surface area (Å²) in [6, 6.07) is 8.55. The molecule has 0 aromatic heterocycles. The van der Waals surface area contributed by atoms with Gasteiger partial charge in [-0.05, 0) is 44.0 Å². The number of ether oxygens (including phenoxy) is 1. The Hall–Kier alpha value is -2.14. The van der Waals surface area contributed by atoms with Gasteiger partial charge in [0.05, 0.1) is 7.11 Å². The van der Waals surface area contributed by atoms with E-state index in [1.807, 2.05) is 18.3 Å². The first-order valence-corrected chi connectivity index (χ1v) is 8.69. The summed E-state index contributed by atoms with van der Waals surface area (Å²) in [6.45, 7) is 3.88. The fourth-order valence-electron chi connectivity index (χ4n) is 3.32. The molecule has 1 saturated carbocycles. The van der Waals surface area contributed by atoms with Gasteiger partial charge in [0.25, 0.3) is 0 Å². The number of rotatable bonds is 6. The highest BCUT2D eigenvalue weighted by Crippen LogP contribution is 2.24. The van der Waals surface area contributed by atoms with Gasteiger partial charge in [0.15, 0.2) is 0 Å². The SMILES string of the molecule is CC[N+]1(Cc2ccc(OC)cc2)C=C(NC2CCC(=O)CC2)C=N1. The van der Waals surface area contributed by atoms with Crippen LogP contribution in [0.3, 0.4) is 0 Å². The minimum Gasteiger partial charge on any atom is -0.497 e. The molecule has 1 aromatic rings. The van der Waals surface area contributed by atoms with Gasteiger partial charge in [0.1, 0.15) is 42.7 Å². The average molecular weight is 328 g/mol. The van der Waals surface area contributed by atoms with Crippen LogP contribution in [0.15, 0.2) is 41.3 Å². The van der Waals surface area contributed by atoms with Crippen LogP contribution < -0.4 is 10.1 Å². The molecule has 128 valence electrons. The standard InChI is InChI=1S/C19H26N3O2/c1-3-22(13-15-4-10-19(24-2)11-5-15)14-17(12-20-22)21-16-6-8-18(23)9-7-16/h4-5,10-12,14,16,21H,3,6-9,13H2,1-2H3/q+1. The second-order valence-corrected chi connectivity index (χ2v) is 6.60. The average Bonchev–Trinajstić information content (AvgIpc) is 3.01. The maximum atomic E-state index is 11.4. The number of methoxy groups -OCH3 is 1. The van der Waals surface area contributed by atoms with Gasteiger partial charge in [-0.3, -0.25) is 4.79 Å². The maximum Gasteiger partial charge on any atom is 0.148 e. The zero-order valence-corrected chi connectivity index (χ0v) is 14.5. The quantitative estimate of drug-likeness (QED) is 0.817. The second kappa shape index (κ2) is 7.18. The number of ketones is 1. The summed E-state index contributed by atoms with van der Waals surface area (Å²) < 4.78 is 5.79. The first-order valence-electron chi connectivity index (χ1n) is 8.69. The van der Waals surface area contributed by atoms with Crippen molar-refractivity contribution in [2.24, 2.45) is 5.10 Å². The van der Waals surface area contributed by atoms with E-state index in [1.54, 1.807) is 7.11 Å². The third kappa shape index (κ3) is 3.85. The largest absolute Gasteiger partial charge is 0.497 e. The molecule has 1 N–H and O–H groups in total. The van der Waals surface area contributed by atoms with Gasteiger partial charge in [0, 0.05) is 24.4 Å². The van der Waals surface area contributed by atoms with Crippen LogP contribution in [0.1, 0.15) is 38.2 Å². The lowest BCUT2D eigenvalue weighted by molar-refractivity contribution is -0.895. The van der Waals surface area contributed by atoms with Crippen molar-refractivity contribution in [1.82, 2.24) is 5.32 Å². The molecule has 1 unspecified atom stereocenters. The fraction of sp³-hybridized carbons (Fsp3) is 0.474. The van der Waals surface area contributed by atoms with E-state index in [4.69, 9.17) is 9.84 Å². The van der Waals surface area contributed by atoms with Crippen LogP contribution in [0, 0.1) is 0 Å². The number of hydrogen-bond acceptors (Lipinski definition) is 4. The van der Waals surface area contributed by atoms with Gasteiger partial charge in [0.2, 0.25) is 0 Å². The lowest BCUT2D eigenvalue weighted by atomic mass is 9.94. The molecule has 5 nitrogen and oxygen atoms in total. The van der Waals surface area contributed by atoms with Crippen molar-refractivity contribution in [3.63, 3.8) is 0 Å². The molecule has 5 heteroatoms. The Morgan fingerprint density at radius 3 is 2.58 bits per heavy atom. The summed E-state index contributed by atoms with van der Waals surface area (Å²) in [5, 5.41) is 8.30. The highest BCUT2D eigenvalue weighted by atomic mass is 16.5. The number of carbonyl (C=O) groups excluding carboxylic acids is 1. The number of benzene rings is 1. The molecule has 3 rings (SSSR count). The summed E-state index contributed by atoms with van der Waals surface area (Å²) in [6.07, 6.45) is 7.37. The van der Waals surface area contributed by atoms with E-state index in [1.165, 1.54) is 5.56 Å². The number of quaternary nitrogens is 1. The van der Waals surface area contributed by atoms with Crippen LogP contribution >= 0.6 is 0 Å². The fourth-order valence-corrected chi connectivity index (χ4v) is 3.32. The van der Waals surface area contributed by atoms with E-state index in [0.717, 1.165) is 37.4 Å². The second-order valence-electron chi connectivity index (χ2n) is 6.60. The minimum absolute atomic E-state index is 0.387. The molecule has 0 saturated heterocycles. The third-order valence-corrected chi connectivity index (χ3v) is 4.88. The molecule has 0 spiro atoms. The van der Waals surface area contributed by atoms with Gasteiger partial charge < -0.3 is 10.1 Å². The molecule has 0 bridgehead atoms. The van der Waals surface area contributed by atoms with Crippen molar-refractivity contribution in [2.45, 2.75) is 45.2 Å². The third-order valence-electron chi connectivity index (χ3n) is 4.88. The zero-order valence-electron chi connectivity index (χ0n) is 14.5. The van der Waals surface area contributed by atoms with Crippen molar-refractivity contribution in [2.75, 3.05) is 13.7 Å². The van der Waals surface area contributed by atoms with Gasteiger partial charge in [-0.25, -0.2) is 0 Å². The summed E-state index contributed by atoms with van der Waals surface area (Å²) in [5.74, 6) is 1.26. The minimum atomic E-state index is 0.387. The molecule has 1 aromatic carbocycles. The Kier molecular flexibility index (Phi) is 5.00. The zero-order chi connectivity index (χ0) is 17.0. The number of nitrogens with one attached hydrogen (secondary N) is 1. The van der Waals surface area contributed by atoms with Crippen LogP contribution in [0.25, 0.3) is 0 Å². The van der Waals surface area contributed by atoms with Gasteiger partial charge in [-0.1, -0.05) is 5.10 Å². The number of carbonyl (C=O) groups is 1. The molecule has 2 aliphatic rings. The molecule has 1 heterocycles. The summed E-state index contributed by atoms with van der Waals surface area (Å²) in [4.78, 5) is 11.4. The Bertz CT molecular complexity index is 641. The molecular formula is C19H26N3O2+. The monoisotopic (exact) mass is 328 g/mol. The van der Waals surface area contributed by atoms with E-state index >= 15 is 0 Å². The van der Waals surface area contributed by atoms with Gasteiger partial charge >= 0.3 is 0 Å². The Labute approximate surface area is 143 Å². The molecule has 1 fully saturated rings. The molecule has 1 atom stereocenters. The summed E-state index contributed by atoms with van der Waals surface area (Å²) in [7, 11) is 1.68. The smallest absolute Gasteiger partial charge is 0.148 e. The Balaban J connectivity index is 1.65. The van der Waals surface area contributed by atoms with E-state index in [-0.39, 0.29) is 0 Å². The van der Waals surface area contributed by atoms with Gasteiger partial charge in [-0.15, -0.1) is 0 Å². The molecular weight excluding hydrogens is 302 g/mol. The number of nitrogens with zero attached hydrogens (tertiary/aromatic N) is 2. The summed E-state index contributed by atoms with van der Waals surface area (Å²) in [5.41, 5.74) is 2.31. The molecule has 0 radical (unpaired) electrons. The Morgan fingerprint density at radius 1 is 1.25 bits per heavy atom. The maximum absolute atomic E-state index is 11.4. The topological polar surface area (TPSA) is 50.7 Å². The summed E-state index contributed by atoms with van der Waals surface area (Å²) >= 11 is 0. The number of Topliss-reactive ketones (excluding diaryl/α,β-unsaturated/α-hetero) is 1. The first kappa shape index (κ1) is 16.7. The normalized spacial score (nSPS) is 24.1. The van der Waals surface area contributed by atoms with E-state index in [9.17, 15) is 4.79 Å². The predicted molar refractivity (Wildman–Crippen MR) is 94.5 cm³/mol. The van der Waals surface area contributed by atoms with Gasteiger partial charge in [-0.2, -0.15) is 4.59 Å². The van der Waals surface area contributed by atoms with Crippen LogP contribution in [-0.4, -0.2) is 36.3 Å². The number of allylic oxidation sites excluding steroid dienone is 1. The number of hydrogen-bond donors (Lipinski definition) is 1. The van der Waals surface area contributed by atoms with Crippen molar-refractivity contribution in [1.29, 1.82) is 0 Å². The van der Waals surface area contributed by atoms with Crippen LogP contribution in [0.4, 0.5) is 0 Å². The van der Waals surface area contributed by atoms with Crippen LogP contribution in [-0.2, 0) is 11.3 Å². The lowest BCUT2D eigenvalue weighted by Gasteiger charge is -2.25.